The summed E-state index contributed by atoms with van der Waals surface area (Å²) in [5.41, 5.74) is 3.93. The Morgan fingerprint density at radius 3 is 3.00 bits per heavy atom. The van der Waals surface area contributed by atoms with Gasteiger partial charge in [0.05, 0.1) is 6.42 Å². The van der Waals surface area contributed by atoms with Crippen molar-refractivity contribution in [3.8, 4) is 0 Å². The molecule has 2 heteroatoms. The minimum atomic E-state index is -0.685. The number of aryl methyl sites for hydroxylation is 2. The lowest BCUT2D eigenvalue weighted by atomic mass is 9.96. The topological polar surface area (TPSA) is 37.3 Å². The number of aliphatic carboxylic acids is 1. The molecule has 1 unspecified atom stereocenters. The lowest BCUT2D eigenvalue weighted by Crippen LogP contribution is -2.03. The van der Waals surface area contributed by atoms with Gasteiger partial charge in [-0.05, 0) is 41.9 Å². The molecule has 2 nitrogen and oxygen atoms in total. The van der Waals surface area contributed by atoms with Gasteiger partial charge in [0.1, 0.15) is 0 Å². The Hall–Kier alpha value is -1.31. The number of rotatable bonds is 3. The van der Waals surface area contributed by atoms with E-state index in [0.29, 0.717) is 0 Å². The van der Waals surface area contributed by atoms with Crippen LogP contribution in [0.25, 0.3) is 0 Å². The van der Waals surface area contributed by atoms with E-state index in [9.17, 15) is 4.79 Å². The molecule has 1 N–H and O–H groups in total. The van der Waals surface area contributed by atoms with Crippen molar-refractivity contribution in [2.24, 2.45) is 0 Å². The van der Waals surface area contributed by atoms with Crippen LogP contribution in [0, 0.1) is 0 Å². The SMILES string of the molecule is CCc1ccc2c(c1)C(CC(=O)O)CC2. The fourth-order valence-electron chi connectivity index (χ4n) is 2.38. The fraction of sp³-hybridized carbons (Fsp3) is 0.462. The third-order valence-corrected chi connectivity index (χ3v) is 3.24. The molecular weight excluding hydrogens is 188 g/mol. The first-order valence-electron chi connectivity index (χ1n) is 5.54. The molecule has 2 rings (SSSR count). The summed E-state index contributed by atoms with van der Waals surface area (Å²) in [6.07, 6.45) is 3.33. The molecule has 1 aliphatic carbocycles. The summed E-state index contributed by atoms with van der Waals surface area (Å²) in [6, 6.07) is 6.51. The minimum absolute atomic E-state index is 0.240. The van der Waals surface area contributed by atoms with Crippen molar-refractivity contribution in [1.29, 1.82) is 0 Å². The highest BCUT2D eigenvalue weighted by Crippen LogP contribution is 2.35. The number of hydrogen-bond donors (Lipinski definition) is 1. The van der Waals surface area contributed by atoms with Gasteiger partial charge in [-0.25, -0.2) is 0 Å². The van der Waals surface area contributed by atoms with Gasteiger partial charge in [0.15, 0.2) is 0 Å². The van der Waals surface area contributed by atoms with Crippen LogP contribution in [-0.4, -0.2) is 11.1 Å². The molecule has 0 aliphatic heterocycles. The van der Waals surface area contributed by atoms with Crippen LogP contribution in [0.3, 0.4) is 0 Å². The van der Waals surface area contributed by atoms with E-state index >= 15 is 0 Å². The number of carboxylic acid groups (broad SMARTS) is 1. The Labute approximate surface area is 89.9 Å². The zero-order valence-corrected chi connectivity index (χ0v) is 8.99. The molecule has 1 atom stereocenters. The van der Waals surface area contributed by atoms with Crippen LogP contribution in [0.1, 0.15) is 42.4 Å². The number of hydrogen-bond acceptors (Lipinski definition) is 1. The van der Waals surface area contributed by atoms with Gasteiger partial charge < -0.3 is 5.11 Å². The monoisotopic (exact) mass is 204 g/mol. The van der Waals surface area contributed by atoms with Crippen molar-refractivity contribution in [2.45, 2.75) is 38.5 Å². The average molecular weight is 204 g/mol. The van der Waals surface area contributed by atoms with E-state index in [2.05, 4.69) is 25.1 Å². The number of carbonyl (C=O) groups is 1. The molecule has 80 valence electrons. The summed E-state index contributed by atoms with van der Waals surface area (Å²) in [4.78, 5) is 10.7. The van der Waals surface area contributed by atoms with Crippen LogP contribution < -0.4 is 0 Å². The summed E-state index contributed by atoms with van der Waals surface area (Å²) in [7, 11) is 0. The normalized spacial score (nSPS) is 18.9. The smallest absolute Gasteiger partial charge is 0.303 e. The van der Waals surface area contributed by atoms with Gasteiger partial charge in [0, 0.05) is 0 Å². The highest BCUT2D eigenvalue weighted by molar-refractivity contribution is 5.68. The van der Waals surface area contributed by atoms with Crippen molar-refractivity contribution >= 4 is 5.97 Å². The molecule has 0 amide bonds. The quantitative estimate of drug-likeness (QED) is 0.822. The Morgan fingerprint density at radius 1 is 1.53 bits per heavy atom. The van der Waals surface area contributed by atoms with Gasteiger partial charge in [-0.15, -0.1) is 0 Å². The van der Waals surface area contributed by atoms with Crippen LogP contribution in [0.5, 0.6) is 0 Å². The lowest BCUT2D eigenvalue weighted by molar-refractivity contribution is -0.137. The average Bonchev–Trinajstić information content (AvgIpc) is 2.60. The van der Waals surface area contributed by atoms with Gasteiger partial charge in [-0.3, -0.25) is 4.79 Å². The lowest BCUT2D eigenvalue weighted by Gasteiger charge is -2.09. The third kappa shape index (κ3) is 2.04. The summed E-state index contributed by atoms with van der Waals surface area (Å²) in [5, 5.41) is 8.83. The first-order valence-corrected chi connectivity index (χ1v) is 5.54. The van der Waals surface area contributed by atoms with Crippen molar-refractivity contribution in [2.75, 3.05) is 0 Å². The zero-order chi connectivity index (χ0) is 10.8. The van der Waals surface area contributed by atoms with Gasteiger partial charge in [-0.2, -0.15) is 0 Å². The van der Waals surface area contributed by atoms with Crippen molar-refractivity contribution < 1.29 is 9.90 Å². The molecule has 0 saturated heterocycles. The zero-order valence-electron chi connectivity index (χ0n) is 8.99. The molecule has 0 spiro atoms. The second-order valence-corrected chi connectivity index (χ2v) is 4.22. The fourth-order valence-corrected chi connectivity index (χ4v) is 2.38. The van der Waals surface area contributed by atoms with Crippen LogP contribution in [0.2, 0.25) is 0 Å². The summed E-state index contributed by atoms with van der Waals surface area (Å²) >= 11 is 0. The highest BCUT2D eigenvalue weighted by atomic mass is 16.4. The Kier molecular flexibility index (Phi) is 2.76. The van der Waals surface area contributed by atoms with Crippen molar-refractivity contribution in [3.05, 3.63) is 34.9 Å². The minimum Gasteiger partial charge on any atom is -0.481 e. The second kappa shape index (κ2) is 4.05. The van der Waals surface area contributed by atoms with E-state index in [0.717, 1.165) is 19.3 Å². The molecule has 0 radical (unpaired) electrons. The van der Waals surface area contributed by atoms with Crippen molar-refractivity contribution in [3.63, 3.8) is 0 Å². The molecule has 1 aliphatic rings. The second-order valence-electron chi connectivity index (χ2n) is 4.22. The van der Waals surface area contributed by atoms with Crippen molar-refractivity contribution in [1.82, 2.24) is 0 Å². The van der Waals surface area contributed by atoms with Crippen LogP contribution in [-0.2, 0) is 17.6 Å². The van der Waals surface area contributed by atoms with E-state index in [1.165, 1.54) is 16.7 Å². The van der Waals surface area contributed by atoms with E-state index in [-0.39, 0.29) is 12.3 Å². The molecule has 15 heavy (non-hydrogen) atoms. The Balaban J connectivity index is 2.27. The number of benzene rings is 1. The molecule has 1 aromatic carbocycles. The molecule has 0 aromatic heterocycles. The summed E-state index contributed by atoms with van der Waals surface area (Å²) in [5.74, 6) is -0.446. The van der Waals surface area contributed by atoms with E-state index in [4.69, 9.17) is 5.11 Å². The first-order chi connectivity index (χ1) is 7.20. The van der Waals surface area contributed by atoms with E-state index in [1.807, 2.05) is 0 Å². The van der Waals surface area contributed by atoms with Gasteiger partial charge in [0.2, 0.25) is 0 Å². The Morgan fingerprint density at radius 2 is 2.33 bits per heavy atom. The molecular formula is C13H16O2. The molecule has 0 heterocycles. The van der Waals surface area contributed by atoms with Crippen LogP contribution in [0.4, 0.5) is 0 Å². The summed E-state index contributed by atoms with van der Waals surface area (Å²) in [6.45, 7) is 2.13. The maximum Gasteiger partial charge on any atom is 0.303 e. The van der Waals surface area contributed by atoms with E-state index in [1.54, 1.807) is 0 Å². The largest absolute Gasteiger partial charge is 0.481 e. The van der Waals surface area contributed by atoms with Gasteiger partial charge in [0.25, 0.3) is 0 Å². The summed E-state index contributed by atoms with van der Waals surface area (Å²) < 4.78 is 0. The van der Waals surface area contributed by atoms with Gasteiger partial charge in [-0.1, -0.05) is 25.1 Å². The predicted molar refractivity (Wildman–Crippen MR) is 59.1 cm³/mol. The molecule has 0 bridgehead atoms. The highest BCUT2D eigenvalue weighted by Gasteiger charge is 2.24. The third-order valence-electron chi connectivity index (χ3n) is 3.24. The van der Waals surface area contributed by atoms with Gasteiger partial charge >= 0.3 is 5.97 Å². The standard InChI is InChI=1S/C13H16O2/c1-2-9-3-4-10-5-6-11(8-13(14)15)12(10)7-9/h3-4,7,11H,2,5-6,8H2,1H3,(H,14,15). The van der Waals surface area contributed by atoms with Crippen LogP contribution in [0.15, 0.2) is 18.2 Å². The Bertz CT molecular complexity index is 382. The number of carboxylic acids is 1. The predicted octanol–water partition coefficient (Wildman–Crippen LogP) is 2.75. The molecule has 0 saturated carbocycles. The maximum atomic E-state index is 10.7. The molecule has 1 aromatic rings. The van der Waals surface area contributed by atoms with Crippen LogP contribution >= 0.6 is 0 Å². The van der Waals surface area contributed by atoms with E-state index < -0.39 is 5.97 Å². The maximum absolute atomic E-state index is 10.7. The molecule has 0 fully saturated rings. The first kappa shape index (κ1) is 10.2. The number of fused-ring (bicyclic) bond motifs is 1.